The predicted octanol–water partition coefficient (Wildman–Crippen LogP) is 4.43. The summed E-state index contributed by atoms with van der Waals surface area (Å²) in [5.74, 6) is 2.08. The normalized spacial score (nSPS) is 13.9. The lowest BCUT2D eigenvalue weighted by Crippen LogP contribution is -2.02. The molecule has 6 nitrogen and oxygen atoms in total. The van der Waals surface area contributed by atoms with Crippen LogP contribution in [0.5, 0.6) is 11.5 Å². The average Bonchev–Trinajstić information content (AvgIpc) is 3.02. The number of ether oxygens (including phenoxy) is 1. The van der Waals surface area contributed by atoms with E-state index in [1.165, 1.54) is 23.3 Å². The van der Waals surface area contributed by atoms with Gasteiger partial charge in [-0.1, -0.05) is 0 Å². The summed E-state index contributed by atoms with van der Waals surface area (Å²) < 4.78 is 5.42. The minimum atomic E-state index is 0.125. The van der Waals surface area contributed by atoms with Crippen molar-refractivity contribution in [2.24, 2.45) is 5.10 Å². The van der Waals surface area contributed by atoms with Crippen LogP contribution in [-0.2, 0) is 12.8 Å². The SMILES string of the molecule is CCOc1cc(/C=N\Nc2nc(C)nc3sc4c(c23)CCCC4)ccc1O. The van der Waals surface area contributed by atoms with Crippen molar-refractivity contribution in [3.63, 3.8) is 0 Å². The highest BCUT2D eigenvalue weighted by atomic mass is 32.1. The van der Waals surface area contributed by atoms with Crippen LogP contribution in [-0.4, -0.2) is 27.9 Å². The van der Waals surface area contributed by atoms with E-state index in [0.29, 0.717) is 12.4 Å². The van der Waals surface area contributed by atoms with Crippen LogP contribution in [0.15, 0.2) is 23.3 Å². The molecule has 7 heteroatoms. The zero-order chi connectivity index (χ0) is 18.8. The van der Waals surface area contributed by atoms with Gasteiger partial charge in [-0.25, -0.2) is 9.97 Å². The number of anilines is 1. The first-order chi connectivity index (χ1) is 13.2. The molecule has 0 atom stereocenters. The third-order valence-electron chi connectivity index (χ3n) is 4.59. The summed E-state index contributed by atoms with van der Waals surface area (Å²) in [6.45, 7) is 4.28. The van der Waals surface area contributed by atoms with Gasteiger partial charge in [-0.05, 0) is 68.9 Å². The van der Waals surface area contributed by atoms with Gasteiger partial charge < -0.3 is 9.84 Å². The van der Waals surface area contributed by atoms with Crippen LogP contribution in [0, 0.1) is 6.92 Å². The Hall–Kier alpha value is -2.67. The van der Waals surface area contributed by atoms with Crippen LogP contribution in [0.4, 0.5) is 5.82 Å². The number of aromatic hydroxyl groups is 1. The Balaban J connectivity index is 1.63. The summed E-state index contributed by atoms with van der Waals surface area (Å²) in [6.07, 6.45) is 6.37. The maximum atomic E-state index is 9.81. The summed E-state index contributed by atoms with van der Waals surface area (Å²) in [5.41, 5.74) is 5.31. The molecule has 3 aromatic rings. The molecule has 2 heterocycles. The zero-order valence-corrected chi connectivity index (χ0v) is 16.3. The Labute approximate surface area is 161 Å². The van der Waals surface area contributed by atoms with Crippen molar-refractivity contribution in [2.75, 3.05) is 12.0 Å². The number of phenols is 1. The molecule has 0 saturated heterocycles. The van der Waals surface area contributed by atoms with Gasteiger partial charge in [0.2, 0.25) is 0 Å². The van der Waals surface area contributed by atoms with Crippen LogP contribution >= 0.6 is 11.3 Å². The Bertz CT molecular complexity index is 1010. The van der Waals surface area contributed by atoms with Gasteiger partial charge in [-0.3, -0.25) is 5.43 Å². The number of thiophene rings is 1. The Morgan fingerprint density at radius 1 is 1.30 bits per heavy atom. The van der Waals surface area contributed by atoms with Gasteiger partial charge in [0.1, 0.15) is 10.7 Å². The van der Waals surface area contributed by atoms with Crippen LogP contribution in [0.25, 0.3) is 10.2 Å². The lowest BCUT2D eigenvalue weighted by Gasteiger charge is -2.11. The van der Waals surface area contributed by atoms with E-state index in [0.717, 1.165) is 40.3 Å². The van der Waals surface area contributed by atoms with Crippen LogP contribution in [0.1, 0.15) is 41.6 Å². The summed E-state index contributed by atoms with van der Waals surface area (Å²) in [6, 6.07) is 5.15. The van der Waals surface area contributed by atoms with Gasteiger partial charge in [0.25, 0.3) is 0 Å². The molecule has 0 bridgehead atoms. The Morgan fingerprint density at radius 2 is 2.15 bits per heavy atom. The molecular weight excluding hydrogens is 360 g/mol. The number of nitrogens with zero attached hydrogens (tertiary/aromatic N) is 3. The fourth-order valence-electron chi connectivity index (χ4n) is 3.40. The summed E-state index contributed by atoms with van der Waals surface area (Å²) in [4.78, 5) is 11.7. The lowest BCUT2D eigenvalue weighted by molar-refractivity contribution is 0.318. The van der Waals surface area contributed by atoms with Crippen molar-refractivity contribution in [3.8, 4) is 11.5 Å². The summed E-state index contributed by atoms with van der Waals surface area (Å²) in [7, 11) is 0. The molecule has 0 radical (unpaired) electrons. The van der Waals surface area contributed by atoms with Gasteiger partial charge in [0, 0.05) is 4.88 Å². The van der Waals surface area contributed by atoms with Gasteiger partial charge in [0.15, 0.2) is 17.3 Å². The number of fused-ring (bicyclic) bond motifs is 3. The second kappa shape index (κ2) is 7.52. The lowest BCUT2D eigenvalue weighted by atomic mass is 9.97. The molecule has 1 aliphatic carbocycles. The topological polar surface area (TPSA) is 79.6 Å². The highest BCUT2D eigenvalue weighted by Crippen LogP contribution is 2.38. The molecule has 140 valence electrons. The van der Waals surface area contributed by atoms with Crippen LogP contribution in [0.3, 0.4) is 0 Å². The minimum Gasteiger partial charge on any atom is -0.504 e. The maximum absolute atomic E-state index is 9.81. The van der Waals surface area contributed by atoms with Crippen LogP contribution in [0.2, 0.25) is 0 Å². The molecule has 0 unspecified atom stereocenters. The highest BCUT2D eigenvalue weighted by molar-refractivity contribution is 7.19. The van der Waals surface area contributed by atoms with E-state index in [4.69, 9.17) is 4.74 Å². The van der Waals surface area contributed by atoms with E-state index in [-0.39, 0.29) is 5.75 Å². The number of nitrogens with one attached hydrogen (secondary N) is 1. The van der Waals surface area contributed by atoms with Gasteiger partial charge in [0.05, 0.1) is 18.2 Å². The van der Waals surface area contributed by atoms with Crippen molar-refractivity contribution >= 4 is 33.6 Å². The standard InChI is InChI=1S/C20H22N4O2S/c1-3-26-16-10-13(8-9-15(16)25)11-21-24-19-18-14-6-4-5-7-17(14)27-20(18)23-12(2)22-19/h8-11,25H,3-7H2,1-2H3,(H,22,23,24)/b21-11-. The first-order valence-corrected chi connectivity index (χ1v) is 10.0. The third kappa shape index (κ3) is 3.60. The molecular formula is C20H22N4O2S. The first-order valence-electron chi connectivity index (χ1n) is 9.19. The van der Waals surface area contributed by atoms with Crippen molar-refractivity contribution in [1.82, 2.24) is 9.97 Å². The van der Waals surface area contributed by atoms with Crippen molar-refractivity contribution in [1.29, 1.82) is 0 Å². The number of hydrazone groups is 1. The molecule has 4 rings (SSSR count). The third-order valence-corrected chi connectivity index (χ3v) is 5.78. The van der Waals surface area contributed by atoms with E-state index >= 15 is 0 Å². The highest BCUT2D eigenvalue weighted by Gasteiger charge is 2.20. The molecule has 2 aromatic heterocycles. The van der Waals surface area contributed by atoms with Crippen molar-refractivity contribution in [2.45, 2.75) is 39.5 Å². The monoisotopic (exact) mass is 382 g/mol. The molecule has 0 spiro atoms. The van der Waals surface area contributed by atoms with E-state index in [9.17, 15) is 5.11 Å². The minimum absolute atomic E-state index is 0.125. The molecule has 27 heavy (non-hydrogen) atoms. The second-order valence-corrected chi connectivity index (χ2v) is 7.62. The molecule has 1 aliphatic rings. The molecule has 0 saturated carbocycles. The molecule has 1 aromatic carbocycles. The first kappa shape index (κ1) is 17.7. The van der Waals surface area contributed by atoms with E-state index in [2.05, 4.69) is 20.5 Å². The number of benzene rings is 1. The van der Waals surface area contributed by atoms with Crippen LogP contribution < -0.4 is 10.2 Å². The number of rotatable bonds is 5. The van der Waals surface area contributed by atoms with E-state index in [1.807, 2.05) is 13.8 Å². The fourth-order valence-corrected chi connectivity index (χ4v) is 4.70. The van der Waals surface area contributed by atoms with Gasteiger partial charge >= 0.3 is 0 Å². The number of hydrogen-bond acceptors (Lipinski definition) is 7. The number of phenolic OH excluding ortho intramolecular Hbond substituents is 1. The van der Waals surface area contributed by atoms with Crippen molar-refractivity contribution in [3.05, 3.63) is 40.0 Å². The number of aromatic nitrogens is 2. The number of hydrogen-bond donors (Lipinski definition) is 2. The summed E-state index contributed by atoms with van der Waals surface area (Å²) >= 11 is 1.78. The maximum Gasteiger partial charge on any atom is 0.161 e. The summed E-state index contributed by atoms with van der Waals surface area (Å²) in [5, 5.41) is 15.3. The molecule has 2 N–H and O–H groups in total. The Kier molecular flexibility index (Phi) is 4.94. The largest absolute Gasteiger partial charge is 0.504 e. The van der Waals surface area contributed by atoms with Gasteiger partial charge in [-0.15, -0.1) is 11.3 Å². The Morgan fingerprint density at radius 3 is 3.00 bits per heavy atom. The van der Waals surface area contributed by atoms with E-state index in [1.54, 1.807) is 35.8 Å². The second-order valence-electron chi connectivity index (χ2n) is 6.54. The smallest absolute Gasteiger partial charge is 0.161 e. The molecule has 0 fully saturated rings. The quantitative estimate of drug-likeness (QED) is 0.504. The van der Waals surface area contributed by atoms with Gasteiger partial charge in [-0.2, -0.15) is 5.10 Å². The zero-order valence-electron chi connectivity index (χ0n) is 15.5. The fraction of sp³-hybridized carbons (Fsp3) is 0.350. The predicted molar refractivity (Wildman–Crippen MR) is 109 cm³/mol. The molecule has 0 aliphatic heterocycles. The molecule has 0 amide bonds. The van der Waals surface area contributed by atoms with E-state index < -0.39 is 0 Å². The number of aryl methyl sites for hydroxylation is 3. The van der Waals surface area contributed by atoms with Crippen molar-refractivity contribution < 1.29 is 9.84 Å². The average molecular weight is 382 g/mol.